The number of aliphatic hydroxyl groups excluding tert-OH is 2. The van der Waals surface area contributed by atoms with Crippen molar-refractivity contribution < 1.29 is 14.9 Å². The number of ether oxygens (including phenoxy) is 1. The number of alkyl halides is 1. The van der Waals surface area contributed by atoms with Crippen LogP contribution >= 0.6 is 11.6 Å². The SMILES string of the molecule is CC1OC(CCl)[C@H](O)[C@@H]1O. The summed E-state index contributed by atoms with van der Waals surface area (Å²) in [4.78, 5) is 0. The summed E-state index contributed by atoms with van der Waals surface area (Å²) >= 11 is 5.44. The molecular weight excluding hydrogens is 156 g/mol. The first-order valence-electron chi connectivity index (χ1n) is 3.24. The molecule has 4 atom stereocenters. The standard InChI is InChI=1S/C6H11ClO3/c1-3-5(8)6(9)4(2-7)10-3/h3-6,8-9H,2H2,1H3/t3?,4?,5-,6+/m1/s1. The van der Waals surface area contributed by atoms with Gasteiger partial charge in [0, 0.05) is 0 Å². The summed E-state index contributed by atoms with van der Waals surface area (Å²) in [5.74, 6) is 0.225. The highest BCUT2D eigenvalue weighted by Gasteiger charge is 2.39. The van der Waals surface area contributed by atoms with Crippen LogP contribution in [0.4, 0.5) is 0 Å². The van der Waals surface area contributed by atoms with Crippen LogP contribution in [0.1, 0.15) is 6.92 Å². The molecule has 0 aromatic heterocycles. The second-order valence-electron chi connectivity index (χ2n) is 2.52. The maximum Gasteiger partial charge on any atom is 0.110 e. The highest BCUT2D eigenvalue weighted by Crippen LogP contribution is 2.21. The van der Waals surface area contributed by atoms with Gasteiger partial charge in [-0.05, 0) is 6.92 Å². The summed E-state index contributed by atoms with van der Waals surface area (Å²) in [5.41, 5.74) is 0. The molecule has 0 aromatic carbocycles. The van der Waals surface area contributed by atoms with Crippen LogP contribution in [0, 0.1) is 0 Å². The van der Waals surface area contributed by atoms with Crippen molar-refractivity contribution in [2.24, 2.45) is 0 Å². The molecule has 1 aliphatic rings. The average Bonchev–Trinajstić information content (AvgIpc) is 2.17. The van der Waals surface area contributed by atoms with Crippen LogP contribution < -0.4 is 0 Å². The summed E-state index contributed by atoms with van der Waals surface area (Å²) in [6, 6.07) is 0. The van der Waals surface area contributed by atoms with Crippen LogP contribution in [-0.4, -0.2) is 40.5 Å². The molecule has 2 N–H and O–H groups in total. The van der Waals surface area contributed by atoms with Gasteiger partial charge in [0.1, 0.15) is 12.2 Å². The van der Waals surface area contributed by atoms with Crippen LogP contribution in [0.5, 0.6) is 0 Å². The summed E-state index contributed by atoms with van der Waals surface area (Å²) in [5, 5.41) is 18.3. The molecule has 0 spiro atoms. The number of aliphatic hydroxyl groups is 2. The zero-order chi connectivity index (χ0) is 7.72. The van der Waals surface area contributed by atoms with E-state index in [0.717, 1.165) is 0 Å². The van der Waals surface area contributed by atoms with E-state index >= 15 is 0 Å². The lowest BCUT2D eigenvalue weighted by atomic mass is 10.1. The van der Waals surface area contributed by atoms with Gasteiger partial charge in [-0.25, -0.2) is 0 Å². The third-order valence-corrected chi connectivity index (χ3v) is 2.06. The molecule has 0 aliphatic carbocycles. The van der Waals surface area contributed by atoms with E-state index in [9.17, 15) is 0 Å². The van der Waals surface area contributed by atoms with Crippen molar-refractivity contribution in [3.05, 3.63) is 0 Å². The molecule has 3 nitrogen and oxygen atoms in total. The minimum Gasteiger partial charge on any atom is -0.388 e. The van der Waals surface area contributed by atoms with Gasteiger partial charge in [-0.3, -0.25) is 0 Å². The molecule has 4 heteroatoms. The van der Waals surface area contributed by atoms with Crippen LogP contribution in [0.2, 0.25) is 0 Å². The monoisotopic (exact) mass is 166 g/mol. The summed E-state index contributed by atoms with van der Waals surface area (Å²) < 4.78 is 5.10. The number of halogens is 1. The van der Waals surface area contributed by atoms with Gasteiger partial charge in [-0.2, -0.15) is 0 Å². The smallest absolute Gasteiger partial charge is 0.110 e. The second kappa shape index (κ2) is 3.05. The predicted molar refractivity (Wildman–Crippen MR) is 37.1 cm³/mol. The van der Waals surface area contributed by atoms with Crippen molar-refractivity contribution in [2.45, 2.75) is 31.3 Å². The van der Waals surface area contributed by atoms with Gasteiger partial charge in [-0.15, -0.1) is 11.6 Å². The first kappa shape index (κ1) is 8.27. The summed E-state index contributed by atoms with van der Waals surface area (Å²) in [6.45, 7) is 1.71. The molecule has 60 valence electrons. The number of hydrogen-bond donors (Lipinski definition) is 2. The Balaban J connectivity index is 2.53. The molecule has 0 amide bonds. The highest BCUT2D eigenvalue weighted by atomic mass is 35.5. The Morgan fingerprint density at radius 2 is 2.00 bits per heavy atom. The fourth-order valence-electron chi connectivity index (χ4n) is 1.06. The molecule has 1 heterocycles. The van der Waals surface area contributed by atoms with E-state index in [2.05, 4.69) is 0 Å². The van der Waals surface area contributed by atoms with Gasteiger partial charge in [0.05, 0.1) is 18.1 Å². The Hall–Kier alpha value is 0.170. The largest absolute Gasteiger partial charge is 0.388 e. The molecule has 1 fully saturated rings. The van der Waals surface area contributed by atoms with E-state index < -0.39 is 18.3 Å². The van der Waals surface area contributed by atoms with Gasteiger partial charge in [-0.1, -0.05) is 0 Å². The van der Waals surface area contributed by atoms with Gasteiger partial charge in [0.2, 0.25) is 0 Å². The lowest BCUT2D eigenvalue weighted by Crippen LogP contribution is -2.32. The fourth-order valence-corrected chi connectivity index (χ4v) is 1.32. The van der Waals surface area contributed by atoms with Crippen LogP contribution in [-0.2, 0) is 4.74 Å². The van der Waals surface area contributed by atoms with Gasteiger partial charge >= 0.3 is 0 Å². The Morgan fingerprint density at radius 3 is 2.20 bits per heavy atom. The third kappa shape index (κ3) is 1.27. The molecule has 1 saturated heterocycles. The van der Waals surface area contributed by atoms with Gasteiger partial charge in [0.25, 0.3) is 0 Å². The molecule has 0 saturated carbocycles. The number of rotatable bonds is 1. The predicted octanol–water partition coefficient (Wildman–Crippen LogP) is -0.266. The molecule has 0 bridgehead atoms. The van der Waals surface area contributed by atoms with E-state index in [-0.39, 0.29) is 12.0 Å². The lowest BCUT2D eigenvalue weighted by Gasteiger charge is -2.10. The minimum absolute atomic E-state index is 0.225. The van der Waals surface area contributed by atoms with Crippen molar-refractivity contribution >= 4 is 11.6 Å². The number of hydrogen-bond acceptors (Lipinski definition) is 3. The molecule has 0 aromatic rings. The van der Waals surface area contributed by atoms with E-state index in [1.165, 1.54) is 0 Å². The van der Waals surface area contributed by atoms with Crippen molar-refractivity contribution in [2.75, 3.05) is 5.88 Å². The molecule has 10 heavy (non-hydrogen) atoms. The molecule has 0 radical (unpaired) electrons. The Morgan fingerprint density at radius 1 is 1.40 bits per heavy atom. The molecule has 1 aliphatic heterocycles. The maximum absolute atomic E-state index is 9.17. The van der Waals surface area contributed by atoms with E-state index in [0.29, 0.717) is 0 Å². The average molecular weight is 167 g/mol. The molecular formula is C6H11ClO3. The van der Waals surface area contributed by atoms with Crippen LogP contribution in [0.3, 0.4) is 0 Å². The quantitative estimate of drug-likeness (QED) is 0.528. The van der Waals surface area contributed by atoms with Crippen LogP contribution in [0.15, 0.2) is 0 Å². The topological polar surface area (TPSA) is 49.7 Å². The second-order valence-corrected chi connectivity index (χ2v) is 2.82. The summed E-state index contributed by atoms with van der Waals surface area (Å²) in [6.07, 6.45) is -2.33. The minimum atomic E-state index is -0.826. The van der Waals surface area contributed by atoms with E-state index in [4.69, 9.17) is 26.6 Å². The Bertz CT molecular complexity index is 120. The zero-order valence-electron chi connectivity index (χ0n) is 5.70. The van der Waals surface area contributed by atoms with E-state index in [1.807, 2.05) is 0 Å². The first-order valence-corrected chi connectivity index (χ1v) is 3.78. The van der Waals surface area contributed by atoms with Crippen molar-refractivity contribution in [1.29, 1.82) is 0 Å². The third-order valence-electron chi connectivity index (χ3n) is 1.75. The van der Waals surface area contributed by atoms with Crippen molar-refractivity contribution in [3.8, 4) is 0 Å². The normalized spacial score (nSPS) is 48.0. The van der Waals surface area contributed by atoms with Gasteiger partial charge < -0.3 is 14.9 Å². The fraction of sp³-hybridized carbons (Fsp3) is 1.00. The Labute approximate surface area is 64.6 Å². The maximum atomic E-state index is 9.17. The van der Waals surface area contributed by atoms with Gasteiger partial charge in [0.15, 0.2) is 0 Å². The first-order chi connectivity index (χ1) is 4.66. The van der Waals surface area contributed by atoms with Crippen molar-refractivity contribution in [3.63, 3.8) is 0 Å². The molecule has 2 unspecified atom stereocenters. The summed E-state index contributed by atoms with van der Waals surface area (Å²) in [7, 11) is 0. The van der Waals surface area contributed by atoms with Crippen molar-refractivity contribution in [1.82, 2.24) is 0 Å². The van der Waals surface area contributed by atoms with Crippen LogP contribution in [0.25, 0.3) is 0 Å². The zero-order valence-corrected chi connectivity index (χ0v) is 6.45. The molecule has 1 rings (SSSR count). The Kier molecular flexibility index (Phi) is 2.52. The lowest BCUT2D eigenvalue weighted by molar-refractivity contribution is 0.0297. The van der Waals surface area contributed by atoms with E-state index in [1.54, 1.807) is 6.92 Å². The highest BCUT2D eigenvalue weighted by molar-refractivity contribution is 6.18.